The molecule has 0 saturated carbocycles. The van der Waals surface area contributed by atoms with Gasteiger partial charge in [0, 0.05) is 5.69 Å². The van der Waals surface area contributed by atoms with Crippen LogP contribution in [0.5, 0.6) is 0 Å². The highest BCUT2D eigenvalue weighted by Gasteiger charge is 2.16. The minimum Gasteiger partial charge on any atom is -0.462 e. The summed E-state index contributed by atoms with van der Waals surface area (Å²) in [7, 11) is -3.71. The summed E-state index contributed by atoms with van der Waals surface area (Å²) in [6, 6.07) is 5.93. The van der Waals surface area contributed by atoms with Crippen LogP contribution >= 0.6 is 11.3 Å². The summed E-state index contributed by atoms with van der Waals surface area (Å²) in [5.74, 6) is -0.407. The van der Waals surface area contributed by atoms with Crippen LogP contribution < -0.4 is 10.5 Å². The molecule has 0 aliphatic heterocycles. The maximum absolute atomic E-state index is 11.7. The van der Waals surface area contributed by atoms with E-state index < -0.39 is 16.0 Å². The van der Waals surface area contributed by atoms with Gasteiger partial charge in [0.1, 0.15) is 4.88 Å². The SMILES string of the molecule is CCOC(=O)c1sc(Nc2ccc(S(N)(=O)=O)cc2)nc1C. The Labute approximate surface area is 132 Å². The fourth-order valence-electron chi connectivity index (χ4n) is 1.69. The largest absolute Gasteiger partial charge is 0.462 e. The number of rotatable bonds is 5. The first kappa shape index (κ1) is 16.4. The lowest BCUT2D eigenvalue weighted by Gasteiger charge is -2.03. The summed E-state index contributed by atoms with van der Waals surface area (Å²) < 4.78 is 27.3. The number of thiazole rings is 1. The van der Waals surface area contributed by atoms with Crippen LogP contribution in [0.2, 0.25) is 0 Å². The number of esters is 1. The highest BCUT2D eigenvalue weighted by Crippen LogP contribution is 2.26. The number of nitrogens with two attached hydrogens (primary N) is 1. The molecule has 0 bridgehead atoms. The number of primary sulfonamides is 1. The highest BCUT2D eigenvalue weighted by atomic mass is 32.2. The maximum atomic E-state index is 11.7. The summed E-state index contributed by atoms with van der Waals surface area (Å²) in [5.41, 5.74) is 1.21. The van der Waals surface area contributed by atoms with Gasteiger partial charge in [0.15, 0.2) is 5.13 Å². The summed E-state index contributed by atoms with van der Waals surface area (Å²) in [5, 5.41) is 8.56. The number of sulfonamides is 1. The number of nitrogens with one attached hydrogen (secondary N) is 1. The molecule has 2 aromatic rings. The van der Waals surface area contributed by atoms with Crippen molar-refractivity contribution in [3.8, 4) is 0 Å². The summed E-state index contributed by atoms with van der Waals surface area (Å²) >= 11 is 1.17. The van der Waals surface area contributed by atoms with Gasteiger partial charge in [-0.1, -0.05) is 11.3 Å². The Kier molecular flexibility index (Phi) is 4.79. The van der Waals surface area contributed by atoms with E-state index in [1.165, 1.54) is 23.5 Å². The van der Waals surface area contributed by atoms with Crippen LogP contribution in [0.1, 0.15) is 22.3 Å². The number of ether oxygens (including phenoxy) is 1. The predicted octanol–water partition coefficient (Wildman–Crippen LogP) is 2.02. The van der Waals surface area contributed by atoms with Crippen molar-refractivity contribution in [1.29, 1.82) is 0 Å². The van der Waals surface area contributed by atoms with Crippen molar-refractivity contribution in [2.45, 2.75) is 18.7 Å². The molecular formula is C13H15N3O4S2. The molecule has 2 rings (SSSR count). The Bertz CT molecular complexity index is 782. The Morgan fingerprint density at radius 3 is 2.55 bits per heavy atom. The van der Waals surface area contributed by atoms with E-state index in [1.54, 1.807) is 26.0 Å². The average Bonchev–Trinajstić information content (AvgIpc) is 2.79. The summed E-state index contributed by atoms with van der Waals surface area (Å²) in [6.45, 7) is 3.76. The van der Waals surface area contributed by atoms with E-state index >= 15 is 0 Å². The average molecular weight is 341 g/mol. The number of carbonyl (C=O) groups is 1. The van der Waals surface area contributed by atoms with Crippen molar-refractivity contribution in [3.63, 3.8) is 0 Å². The zero-order valence-electron chi connectivity index (χ0n) is 12.0. The molecule has 0 aliphatic rings. The molecule has 0 amide bonds. The van der Waals surface area contributed by atoms with Crippen molar-refractivity contribution >= 4 is 38.1 Å². The van der Waals surface area contributed by atoms with Crippen LogP contribution in [0.4, 0.5) is 10.8 Å². The molecule has 0 atom stereocenters. The Morgan fingerprint density at radius 2 is 2.00 bits per heavy atom. The normalized spacial score (nSPS) is 11.2. The number of hydrogen-bond donors (Lipinski definition) is 2. The van der Waals surface area contributed by atoms with Gasteiger partial charge >= 0.3 is 5.97 Å². The number of nitrogens with zero attached hydrogens (tertiary/aromatic N) is 1. The van der Waals surface area contributed by atoms with E-state index in [-0.39, 0.29) is 4.90 Å². The number of aryl methyl sites for hydroxylation is 1. The summed E-state index contributed by atoms with van der Waals surface area (Å²) in [6.07, 6.45) is 0. The van der Waals surface area contributed by atoms with Gasteiger partial charge in [0.25, 0.3) is 0 Å². The third kappa shape index (κ3) is 3.81. The van der Waals surface area contributed by atoms with Crippen molar-refractivity contribution in [2.24, 2.45) is 5.14 Å². The molecule has 0 spiro atoms. The van der Waals surface area contributed by atoms with E-state index in [1.807, 2.05) is 0 Å². The van der Waals surface area contributed by atoms with E-state index in [0.717, 1.165) is 0 Å². The van der Waals surface area contributed by atoms with E-state index in [9.17, 15) is 13.2 Å². The molecule has 1 aromatic carbocycles. The minimum absolute atomic E-state index is 0.0283. The van der Waals surface area contributed by atoms with Gasteiger partial charge in [0.2, 0.25) is 10.0 Å². The molecule has 0 radical (unpaired) electrons. The fourth-order valence-corrected chi connectivity index (χ4v) is 3.08. The molecule has 0 saturated heterocycles. The van der Waals surface area contributed by atoms with Crippen LogP contribution in [0, 0.1) is 6.92 Å². The van der Waals surface area contributed by atoms with Crippen molar-refractivity contribution < 1.29 is 17.9 Å². The summed E-state index contributed by atoms with van der Waals surface area (Å²) in [4.78, 5) is 16.4. The molecule has 1 aromatic heterocycles. The van der Waals surface area contributed by atoms with E-state index in [4.69, 9.17) is 9.88 Å². The lowest BCUT2D eigenvalue weighted by Crippen LogP contribution is -2.11. The molecule has 7 nitrogen and oxygen atoms in total. The second kappa shape index (κ2) is 6.42. The van der Waals surface area contributed by atoms with Crippen molar-refractivity contribution in [1.82, 2.24) is 4.98 Å². The Morgan fingerprint density at radius 1 is 1.36 bits per heavy atom. The standard InChI is InChI=1S/C13H15N3O4S2/c1-3-20-12(17)11-8(2)15-13(21-11)16-9-4-6-10(7-5-9)22(14,18)19/h4-7H,3H2,1-2H3,(H,15,16)(H2,14,18,19). The molecule has 0 fully saturated rings. The highest BCUT2D eigenvalue weighted by molar-refractivity contribution is 7.89. The number of anilines is 2. The van der Waals surface area contributed by atoms with Crippen LogP contribution in [0.3, 0.4) is 0 Å². The third-order valence-corrected chi connectivity index (χ3v) is 4.67. The lowest BCUT2D eigenvalue weighted by atomic mass is 10.3. The lowest BCUT2D eigenvalue weighted by molar-refractivity contribution is 0.0531. The van der Waals surface area contributed by atoms with Crippen LogP contribution in [-0.2, 0) is 14.8 Å². The molecule has 9 heteroatoms. The van der Waals surface area contributed by atoms with Gasteiger partial charge < -0.3 is 10.1 Å². The van der Waals surface area contributed by atoms with Crippen LogP contribution in [-0.4, -0.2) is 26.0 Å². The second-order valence-corrected chi connectivity index (χ2v) is 6.91. The number of carbonyl (C=O) groups excluding carboxylic acids is 1. The Balaban J connectivity index is 2.18. The first-order valence-corrected chi connectivity index (χ1v) is 8.72. The zero-order chi connectivity index (χ0) is 16.3. The van der Waals surface area contributed by atoms with Crippen molar-refractivity contribution in [3.05, 3.63) is 34.8 Å². The molecule has 22 heavy (non-hydrogen) atoms. The number of benzene rings is 1. The van der Waals surface area contributed by atoms with Gasteiger partial charge in [-0.2, -0.15) is 0 Å². The van der Waals surface area contributed by atoms with Crippen molar-refractivity contribution in [2.75, 3.05) is 11.9 Å². The predicted molar refractivity (Wildman–Crippen MR) is 83.9 cm³/mol. The van der Waals surface area contributed by atoms with Crippen LogP contribution in [0.25, 0.3) is 0 Å². The quantitative estimate of drug-likeness (QED) is 0.805. The van der Waals surface area contributed by atoms with E-state index in [2.05, 4.69) is 10.3 Å². The third-order valence-electron chi connectivity index (χ3n) is 2.69. The van der Waals surface area contributed by atoms with Gasteiger partial charge in [-0.3, -0.25) is 0 Å². The topological polar surface area (TPSA) is 111 Å². The monoisotopic (exact) mass is 341 g/mol. The minimum atomic E-state index is -3.71. The van der Waals surface area contributed by atoms with Crippen LogP contribution in [0.15, 0.2) is 29.2 Å². The number of hydrogen-bond acceptors (Lipinski definition) is 7. The molecule has 0 unspecified atom stereocenters. The first-order chi connectivity index (χ1) is 10.3. The molecule has 1 heterocycles. The first-order valence-electron chi connectivity index (χ1n) is 6.35. The molecule has 0 aliphatic carbocycles. The molecular weight excluding hydrogens is 326 g/mol. The van der Waals surface area contributed by atoms with Gasteiger partial charge in [-0.05, 0) is 38.1 Å². The number of aromatic nitrogens is 1. The van der Waals surface area contributed by atoms with Gasteiger partial charge in [-0.25, -0.2) is 23.3 Å². The maximum Gasteiger partial charge on any atom is 0.350 e. The Hall–Kier alpha value is -1.97. The van der Waals surface area contributed by atoms with E-state index in [0.29, 0.717) is 28.0 Å². The van der Waals surface area contributed by atoms with Gasteiger partial charge in [0.05, 0.1) is 17.2 Å². The second-order valence-electron chi connectivity index (χ2n) is 4.35. The molecule has 118 valence electrons. The smallest absolute Gasteiger partial charge is 0.350 e. The molecule has 3 N–H and O–H groups in total. The van der Waals surface area contributed by atoms with Gasteiger partial charge in [-0.15, -0.1) is 0 Å². The fraction of sp³-hybridized carbons (Fsp3) is 0.231. The zero-order valence-corrected chi connectivity index (χ0v) is 13.6.